The van der Waals surface area contributed by atoms with Crippen molar-refractivity contribution in [2.45, 2.75) is 19.4 Å². The molecule has 1 aliphatic rings. The number of aromatic amines is 2. The molecule has 2 heterocycles. The SMILES string of the molecule is N=C1CCCN1Cc1[nH]c(=O)[nH]c(=O)c1[123I]. The summed E-state index contributed by atoms with van der Waals surface area (Å²) in [6.07, 6.45) is 1.73. The van der Waals surface area contributed by atoms with Gasteiger partial charge in [-0.1, -0.05) is 0 Å². The Bertz CT molecular complexity index is 533. The van der Waals surface area contributed by atoms with Crippen molar-refractivity contribution in [3.63, 3.8) is 0 Å². The molecule has 0 bridgehead atoms. The van der Waals surface area contributed by atoms with E-state index in [4.69, 9.17) is 5.41 Å². The van der Waals surface area contributed by atoms with Gasteiger partial charge in [0.2, 0.25) is 0 Å². The maximum atomic E-state index is 11.4. The molecule has 2 rings (SSSR count). The zero-order valence-corrected chi connectivity index (χ0v) is 10.6. The minimum Gasteiger partial charge on any atom is -0.355 e. The fraction of sp³-hybridized carbons (Fsp3) is 0.444. The molecule has 0 amide bonds. The fourth-order valence-electron chi connectivity index (χ4n) is 1.72. The number of amidine groups is 1. The first kappa shape index (κ1) is 11.4. The van der Waals surface area contributed by atoms with Crippen LogP contribution < -0.4 is 11.2 Å². The van der Waals surface area contributed by atoms with Gasteiger partial charge in [-0.05, 0) is 29.0 Å². The zero-order chi connectivity index (χ0) is 11.7. The van der Waals surface area contributed by atoms with E-state index < -0.39 is 5.69 Å². The highest BCUT2D eigenvalue weighted by atomic mass is 123. The summed E-state index contributed by atoms with van der Waals surface area (Å²) in [6, 6.07) is 0. The molecule has 0 saturated carbocycles. The second-order valence-electron chi connectivity index (χ2n) is 3.67. The molecule has 0 unspecified atom stereocenters. The van der Waals surface area contributed by atoms with Crippen LogP contribution in [0.4, 0.5) is 0 Å². The molecular formula is C9H11IN4O2. The first-order valence-corrected chi connectivity index (χ1v) is 5.99. The average molecular weight is 330 g/mol. The number of hydrogen-bond donors (Lipinski definition) is 3. The number of aromatic nitrogens is 2. The number of rotatable bonds is 2. The summed E-state index contributed by atoms with van der Waals surface area (Å²) in [5.41, 5.74) is -0.280. The molecule has 6 nitrogen and oxygen atoms in total. The highest BCUT2D eigenvalue weighted by Crippen LogP contribution is 2.14. The lowest BCUT2D eigenvalue weighted by atomic mass is 10.3. The first-order valence-electron chi connectivity index (χ1n) is 4.91. The molecule has 86 valence electrons. The standard InChI is InChI=1S/C9H11IN4O2/c10-7-5(12-9(16)13-8(7)15)4-14-3-1-2-6(14)11/h11H,1-4H2,(H2,12,13,15,16)/i10-4. The van der Waals surface area contributed by atoms with E-state index in [1.807, 2.05) is 27.5 Å². The maximum absolute atomic E-state index is 11.4. The summed E-state index contributed by atoms with van der Waals surface area (Å²) >= 11 is 1.90. The van der Waals surface area contributed by atoms with Crippen molar-refractivity contribution >= 4 is 28.4 Å². The number of H-pyrrole nitrogens is 2. The van der Waals surface area contributed by atoms with E-state index >= 15 is 0 Å². The largest absolute Gasteiger partial charge is 0.355 e. The van der Waals surface area contributed by atoms with Gasteiger partial charge in [0, 0.05) is 13.0 Å². The normalized spacial score (nSPS) is 15.8. The Morgan fingerprint density at radius 1 is 1.38 bits per heavy atom. The summed E-state index contributed by atoms with van der Waals surface area (Å²) in [7, 11) is 0. The first-order chi connectivity index (χ1) is 7.58. The maximum Gasteiger partial charge on any atom is 0.326 e. The Hall–Kier alpha value is -1.12. The number of nitrogens with one attached hydrogen (secondary N) is 3. The van der Waals surface area contributed by atoms with Gasteiger partial charge in [-0.3, -0.25) is 15.2 Å². The smallest absolute Gasteiger partial charge is 0.326 e. The molecule has 16 heavy (non-hydrogen) atoms. The van der Waals surface area contributed by atoms with Gasteiger partial charge < -0.3 is 9.88 Å². The molecule has 1 aromatic heterocycles. The molecule has 1 aromatic rings. The molecule has 0 aliphatic carbocycles. The van der Waals surface area contributed by atoms with Crippen molar-refractivity contribution in [2.75, 3.05) is 6.54 Å². The van der Waals surface area contributed by atoms with Crippen LogP contribution in [0.1, 0.15) is 18.5 Å². The van der Waals surface area contributed by atoms with E-state index in [1.54, 1.807) is 0 Å². The van der Waals surface area contributed by atoms with Crippen molar-refractivity contribution in [1.29, 1.82) is 5.41 Å². The Morgan fingerprint density at radius 3 is 2.75 bits per heavy atom. The summed E-state index contributed by atoms with van der Waals surface area (Å²) in [4.78, 5) is 29.1. The van der Waals surface area contributed by atoms with Crippen LogP contribution in [0.25, 0.3) is 0 Å². The predicted octanol–water partition coefficient (Wildman–Crippen LogP) is 0.241. The zero-order valence-electron chi connectivity index (χ0n) is 8.47. The number of hydrogen-bond acceptors (Lipinski definition) is 3. The molecule has 1 saturated heterocycles. The van der Waals surface area contributed by atoms with Crippen molar-refractivity contribution < 1.29 is 0 Å². The third-order valence-corrected chi connectivity index (χ3v) is 3.67. The van der Waals surface area contributed by atoms with Gasteiger partial charge >= 0.3 is 5.69 Å². The summed E-state index contributed by atoms with van der Waals surface area (Å²) in [6.45, 7) is 1.24. The summed E-state index contributed by atoms with van der Waals surface area (Å²) in [5, 5.41) is 7.68. The number of nitrogens with zero attached hydrogens (tertiary/aromatic N) is 1. The molecular weight excluding hydrogens is 319 g/mol. The average Bonchev–Trinajstić information content (AvgIpc) is 2.60. The second-order valence-corrected chi connectivity index (χ2v) is 4.75. The van der Waals surface area contributed by atoms with Gasteiger partial charge in [-0.2, -0.15) is 0 Å². The van der Waals surface area contributed by atoms with Crippen LogP contribution in [0.15, 0.2) is 9.59 Å². The van der Waals surface area contributed by atoms with Crippen LogP contribution in [0.3, 0.4) is 0 Å². The van der Waals surface area contributed by atoms with E-state index in [9.17, 15) is 9.59 Å². The van der Waals surface area contributed by atoms with Crippen LogP contribution >= 0.6 is 22.6 Å². The minimum atomic E-state index is -0.494. The van der Waals surface area contributed by atoms with Gasteiger partial charge in [-0.15, -0.1) is 0 Å². The minimum absolute atomic E-state index is 0.370. The molecule has 3 N–H and O–H groups in total. The van der Waals surface area contributed by atoms with Crippen molar-refractivity contribution in [1.82, 2.24) is 14.9 Å². The number of halogens is 1. The third kappa shape index (κ3) is 2.18. The van der Waals surface area contributed by atoms with Crippen LogP contribution in [0.2, 0.25) is 0 Å². The Kier molecular flexibility index (Phi) is 3.13. The fourth-order valence-corrected chi connectivity index (χ4v) is 2.16. The van der Waals surface area contributed by atoms with Crippen molar-refractivity contribution in [3.05, 3.63) is 30.1 Å². The topological polar surface area (TPSA) is 92.8 Å². The molecule has 1 aliphatic heterocycles. The number of likely N-dealkylation sites (tertiary alicyclic amines) is 1. The lowest BCUT2D eigenvalue weighted by Gasteiger charge is -2.17. The monoisotopic (exact) mass is 330 g/mol. The van der Waals surface area contributed by atoms with Crippen LogP contribution in [-0.4, -0.2) is 27.2 Å². The molecule has 0 radical (unpaired) electrons. The highest BCUT2D eigenvalue weighted by Gasteiger charge is 2.18. The second kappa shape index (κ2) is 4.40. The van der Waals surface area contributed by atoms with Gasteiger partial charge in [0.15, 0.2) is 0 Å². The predicted molar refractivity (Wildman–Crippen MR) is 67.8 cm³/mol. The van der Waals surface area contributed by atoms with Gasteiger partial charge in [0.25, 0.3) is 5.56 Å². The van der Waals surface area contributed by atoms with Crippen molar-refractivity contribution in [2.24, 2.45) is 0 Å². The van der Waals surface area contributed by atoms with Crippen LogP contribution in [0, 0.1) is 8.98 Å². The van der Waals surface area contributed by atoms with Crippen LogP contribution in [0.5, 0.6) is 0 Å². The van der Waals surface area contributed by atoms with E-state index in [-0.39, 0.29) is 5.56 Å². The summed E-state index contributed by atoms with van der Waals surface area (Å²) < 4.78 is 0.483. The molecule has 0 spiro atoms. The van der Waals surface area contributed by atoms with Gasteiger partial charge in [0.1, 0.15) is 0 Å². The Balaban J connectivity index is 2.31. The lowest BCUT2D eigenvalue weighted by Crippen LogP contribution is -2.31. The van der Waals surface area contributed by atoms with E-state index in [0.29, 0.717) is 21.6 Å². The summed E-state index contributed by atoms with van der Waals surface area (Å²) in [5.74, 6) is 0.567. The molecule has 7 heteroatoms. The third-order valence-electron chi connectivity index (χ3n) is 2.53. The van der Waals surface area contributed by atoms with E-state index in [0.717, 1.165) is 19.4 Å². The van der Waals surface area contributed by atoms with E-state index in [2.05, 4.69) is 9.97 Å². The quantitative estimate of drug-likeness (QED) is 0.678. The van der Waals surface area contributed by atoms with E-state index in [1.165, 1.54) is 0 Å². The molecule has 0 atom stereocenters. The molecule has 0 aromatic carbocycles. The van der Waals surface area contributed by atoms with Crippen molar-refractivity contribution in [3.8, 4) is 0 Å². The Morgan fingerprint density at radius 2 is 2.12 bits per heavy atom. The van der Waals surface area contributed by atoms with Crippen LogP contribution in [-0.2, 0) is 6.54 Å². The lowest BCUT2D eigenvalue weighted by molar-refractivity contribution is 0.437. The molecule has 1 fully saturated rings. The highest BCUT2D eigenvalue weighted by molar-refractivity contribution is 14.1. The Labute approximate surface area is 105 Å². The van der Waals surface area contributed by atoms with Gasteiger partial charge in [0.05, 0.1) is 21.6 Å². The van der Waals surface area contributed by atoms with Gasteiger partial charge in [-0.25, -0.2) is 4.79 Å².